The number of likely N-dealkylation sites (tertiary alicyclic amines) is 1. The van der Waals surface area contributed by atoms with Crippen LogP contribution in [-0.2, 0) is 11.3 Å². The second kappa shape index (κ2) is 9.75. The van der Waals surface area contributed by atoms with Crippen molar-refractivity contribution in [2.75, 3.05) is 40.8 Å². The van der Waals surface area contributed by atoms with Crippen LogP contribution in [0.15, 0.2) is 24.3 Å². The molecule has 1 heterocycles. The Morgan fingerprint density at radius 2 is 2.17 bits per heavy atom. The topological polar surface area (TPSA) is 44.8 Å². The second-order valence-electron chi connectivity index (χ2n) is 5.92. The van der Waals surface area contributed by atoms with E-state index in [1.807, 2.05) is 38.4 Å². The van der Waals surface area contributed by atoms with E-state index in [1.54, 1.807) is 12.0 Å². The summed E-state index contributed by atoms with van der Waals surface area (Å²) in [6.07, 6.45) is 2.34. The van der Waals surface area contributed by atoms with Crippen molar-refractivity contribution in [3.8, 4) is 5.75 Å². The van der Waals surface area contributed by atoms with E-state index in [0.717, 1.165) is 30.8 Å². The number of hydrogen-bond donors (Lipinski definition) is 1. The monoisotopic (exact) mass is 341 g/mol. The lowest BCUT2D eigenvalue weighted by molar-refractivity contribution is -0.132. The van der Waals surface area contributed by atoms with Crippen molar-refractivity contribution < 1.29 is 9.53 Å². The van der Waals surface area contributed by atoms with Crippen molar-refractivity contribution in [1.29, 1.82) is 0 Å². The predicted octanol–water partition coefficient (Wildman–Crippen LogP) is 1.76. The summed E-state index contributed by atoms with van der Waals surface area (Å²) in [6, 6.07) is 8.34. The average molecular weight is 342 g/mol. The fraction of sp³-hybridized carbons (Fsp3) is 0.588. The number of likely N-dealkylation sites (N-methyl/N-ethyl adjacent to an activating group) is 2. The molecule has 1 amide bonds. The van der Waals surface area contributed by atoms with E-state index in [1.165, 1.54) is 6.42 Å². The van der Waals surface area contributed by atoms with Gasteiger partial charge in [0.25, 0.3) is 0 Å². The molecular weight excluding hydrogens is 314 g/mol. The van der Waals surface area contributed by atoms with Gasteiger partial charge in [-0.1, -0.05) is 18.2 Å². The molecule has 1 aliphatic heterocycles. The molecule has 0 aromatic heterocycles. The van der Waals surface area contributed by atoms with Gasteiger partial charge in [0, 0.05) is 31.7 Å². The molecule has 130 valence electrons. The number of carbonyl (C=O) groups excluding carboxylic acids is 1. The van der Waals surface area contributed by atoms with Gasteiger partial charge in [0.15, 0.2) is 0 Å². The van der Waals surface area contributed by atoms with Crippen LogP contribution >= 0.6 is 12.4 Å². The summed E-state index contributed by atoms with van der Waals surface area (Å²) in [6.45, 7) is 3.02. The number of benzene rings is 1. The zero-order valence-corrected chi connectivity index (χ0v) is 15.1. The van der Waals surface area contributed by atoms with Crippen LogP contribution in [0.2, 0.25) is 0 Å². The molecule has 1 unspecified atom stereocenters. The molecule has 23 heavy (non-hydrogen) atoms. The number of nitrogens with one attached hydrogen (secondary N) is 1. The zero-order valence-electron chi connectivity index (χ0n) is 14.2. The van der Waals surface area contributed by atoms with Gasteiger partial charge < -0.3 is 15.0 Å². The summed E-state index contributed by atoms with van der Waals surface area (Å²) in [5.41, 5.74) is 1.03. The van der Waals surface area contributed by atoms with Gasteiger partial charge >= 0.3 is 0 Å². The molecule has 1 aromatic rings. The van der Waals surface area contributed by atoms with Crippen molar-refractivity contribution in [3.05, 3.63) is 29.8 Å². The molecular formula is C17H28ClN3O2. The van der Waals surface area contributed by atoms with Crippen molar-refractivity contribution in [3.63, 3.8) is 0 Å². The van der Waals surface area contributed by atoms with Gasteiger partial charge in [-0.2, -0.15) is 0 Å². The molecule has 0 aliphatic carbocycles. The first-order valence-electron chi connectivity index (χ1n) is 7.89. The molecule has 1 aromatic carbocycles. The molecule has 1 aliphatic rings. The molecule has 0 radical (unpaired) electrons. The number of methoxy groups -OCH3 is 1. The lowest BCUT2D eigenvalue weighted by Gasteiger charge is -2.33. The van der Waals surface area contributed by atoms with Crippen LogP contribution in [0.25, 0.3) is 0 Å². The highest BCUT2D eigenvalue weighted by atomic mass is 35.5. The van der Waals surface area contributed by atoms with Crippen molar-refractivity contribution in [1.82, 2.24) is 15.1 Å². The Balaban J connectivity index is 0.00000264. The average Bonchev–Trinajstić information content (AvgIpc) is 2.55. The molecule has 0 bridgehead atoms. The Labute approximate surface area is 145 Å². The third-order valence-corrected chi connectivity index (χ3v) is 4.30. The number of nitrogens with zero attached hydrogens (tertiary/aromatic N) is 2. The molecule has 1 atom stereocenters. The highest BCUT2D eigenvalue weighted by Crippen LogP contribution is 2.19. The third-order valence-electron chi connectivity index (χ3n) is 4.30. The predicted molar refractivity (Wildman–Crippen MR) is 95.2 cm³/mol. The number of ether oxygens (including phenoxy) is 1. The summed E-state index contributed by atoms with van der Waals surface area (Å²) in [5, 5.41) is 3.31. The van der Waals surface area contributed by atoms with Crippen LogP contribution in [0.4, 0.5) is 0 Å². The van der Waals surface area contributed by atoms with Gasteiger partial charge in [-0.3, -0.25) is 9.69 Å². The van der Waals surface area contributed by atoms with Crippen LogP contribution in [0.5, 0.6) is 5.75 Å². The van der Waals surface area contributed by atoms with E-state index in [-0.39, 0.29) is 18.3 Å². The first kappa shape index (κ1) is 19.7. The molecule has 1 saturated heterocycles. The van der Waals surface area contributed by atoms with Gasteiger partial charge in [-0.05, 0) is 32.5 Å². The van der Waals surface area contributed by atoms with Gasteiger partial charge in [-0.25, -0.2) is 0 Å². The Bertz CT molecular complexity index is 498. The number of hydrogen-bond acceptors (Lipinski definition) is 4. The quantitative estimate of drug-likeness (QED) is 0.856. The molecule has 5 nitrogen and oxygen atoms in total. The van der Waals surface area contributed by atoms with E-state index in [0.29, 0.717) is 19.1 Å². The van der Waals surface area contributed by atoms with Crippen molar-refractivity contribution >= 4 is 18.3 Å². The lowest BCUT2D eigenvalue weighted by Crippen LogP contribution is -2.48. The normalized spacial score (nSPS) is 18.1. The van der Waals surface area contributed by atoms with E-state index in [9.17, 15) is 4.79 Å². The largest absolute Gasteiger partial charge is 0.496 e. The molecule has 6 heteroatoms. The molecule has 2 rings (SSSR count). The summed E-state index contributed by atoms with van der Waals surface area (Å²) in [7, 11) is 5.50. The Morgan fingerprint density at radius 3 is 2.87 bits per heavy atom. The lowest BCUT2D eigenvalue weighted by atomic mass is 10.1. The van der Waals surface area contributed by atoms with Crippen molar-refractivity contribution in [2.45, 2.75) is 25.4 Å². The minimum Gasteiger partial charge on any atom is -0.496 e. The number of piperidine rings is 1. The maximum atomic E-state index is 12.4. The highest BCUT2D eigenvalue weighted by molar-refractivity contribution is 5.85. The Morgan fingerprint density at radius 1 is 1.43 bits per heavy atom. The minimum absolute atomic E-state index is 0. The Hall–Kier alpha value is -1.30. The van der Waals surface area contributed by atoms with Crippen LogP contribution < -0.4 is 10.1 Å². The SMILES string of the molecule is CNC1CCCN(CC(=O)N(C)Cc2ccccc2OC)C1.Cl. The standard InChI is InChI=1S/C17H27N3O2.ClH/c1-18-15-8-6-10-20(12-15)13-17(21)19(2)11-14-7-4-5-9-16(14)22-3;/h4-5,7,9,15,18H,6,8,10-13H2,1-3H3;1H. The van der Waals surface area contributed by atoms with Crippen LogP contribution in [0.3, 0.4) is 0 Å². The van der Waals surface area contributed by atoms with Gasteiger partial charge in [0.1, 0.15) is 5.75 Å². The summed E-state index contributed by atoms with van der Waals surface area (Å²) in [4.78, 5) is 16.5. The van der Waals surface area contributed by atoms with Crippen LogP contribution in [0, 0.1) is 0 Å². The van der Waals surface area contributed by atoms with Gasteiger partial charge in [-0.15, -0.1) is 12.4 Å². The fourth-order valence-corrected chi connectivity index (χ4v) is 2.92. The van der Waals surface area contributed by atoms with E-state index in [2.05, 4.69) is 10.2 Å². The maximum absolute atomic E-state index is 12.4. The van der Waals surface area contributed by atoms with Crippen LogP contribution in [0.1, 0.15) is 18.4 Å². The number of para-hydroxylation sites is 1. The van der Waals surface area contributed by atoms with E-state index in [4.69, 9.17) is 4.74 Å². The number of amides is 1. The summed E-state index contributed by atoms with van der Waals surface area (Å²) in [5.74, 6) is 0.984. The minimum atomic E-state index is 0. The fourth-order valence-electron chi connectivity index (χ4n) is 2.92. The third kappa shape index (κ3) is 5.68. The second-order valence-corrected chi connectivity index (χ2v) is 5.92. The summed E-state index contributed by atoms with van der Waals surface area (Å²) < 4.78 is 5.35. The summed E-state index contributed by atoms with van der Waals surface area (Å²) >= 11 is 0. The number of carbonyl (C=O) groups is 1. The Kier molecular flexibility index (Phi) is 8.37. The van der Waals surface area contributed by atoms with E-state index >= 15 is 0 Å². The highest BCUT2D eigenvalue weighted by Gasteiger charge is 2.22. The number of halogens is 1. The molecule has 1 N–H and O–H groups in total. The first-order valence-corrected chi connectivity index (χ1v) is 7.89. The smallest absolute Gasteiger partial charge is 0.236 e. The molecule has 0 saturated carbocycles. The number of rotatable bonds is 6. The van der Waals surface area contributed by atoms with E-state index < -0.39 is 0 Å². The maximum Gasteiger partial charge on any atom is 0.236 e. The molecule has 0 spiro atoms. The molecule has 1 fully saturated rings. The van der Waals surface area contributed by atoms with Gasteiger partial charge in [0.05, 0.1) is 13.7 Å². The van der Waals surface area contributed by atoms with Gasteiger partial charge in [0.2, 0.25) is 5.91 Å². The first-order chi connectivity index (χ1) is 10.6. The van der Waals surface area contributed by atoms with Crippen molar-refractivity contribution in [2.24, 2.45) is 0 Å². The zero-order chi connectivity index (χ0) is 15.9. The van der Waals surface area contributed by atoms with Crippen LogP contribution in [-0.4, -0.2) is 62.6 Å².